The molecule has 0 aliphatic carbocycles. The number of benzene rings is 1. The molecule has 5 rings (SSSR count). The van der Waals surface area contributed by atoms with Gasteiger partial charge in [0.15, 0.2) is 5.78 Å². The molecule has 2 N–H and O–H groups in total. The molecule has 8 heteroatoms. The van der Waals surface area contributed by atoms with E-state index in [1.165, 1.54) is 5.39 Å². The second kappa shape index (κ2) is 8.81. The molecule has 1 aromatic carbocycles. The summed E-state index contributed by atoms with van der Waals surface area (Å²) in [5.41, 5.74) is 8.73. The van der Waals surface area contributed by atoms with Gasteiger partial charge in [-0.2, -0.15) is 0 Å². The molecule has 2 aliphatic rings. The summed E-state index contributed by atoms with van der Waals surface area (Å²) in [6.45, 7) is 5.51. The first-order chi connectivity index (χ1) is 14.8. The number of Topliss-reactive ketones (excluding diaryl/α,β-unsaturated/α-hetero) is 1. The van der Waals surface area contributed by atoms with Crippen molar-refractivity contribution in [1.82, 2.24) is 9.88 Å². The number of ketones is 1. The molecule has 31 heavy (non-hydrogen) atoms. The molecule has 1 saturated heterocycles. The molecule has 2 aliphatic heterocycles. The van der Waals surface area contributed by atoms with E-state index in [0.29, 0.717) is 11.4 Å². The summed E-state index contributed by atoms with van der Waals surface area (Å²) in [7, 11) is 0. The van der Waals surface area contributed by atoms with E-state index in [1.54, 1.807) is 34.1 Å². The number of carbonyl (C=O) groups is 2. The maximum atomic E-state index is 12.3. The Hall–Kier alpha value is -2.09. The van der Waals surface area contributed by atoms with E-state index in [1.807, 2.05) is 32.0 Å². The Morgan fingerprint density at radius 2 is 1.94 bits per heavy atom. The average Bonchev–Trinajstić information content (AvgIpc) is 3.03. The third-order valence-electron chi connectivity index (χ3n) is 5.89. The monoisotopic (exact) mass is 473 g/mol. The highest BCUT2D eigenvalue weighted by Gasteiger charge is 2.41. The normalized spacial score (nSPS) is 17.3. The number of thiophene rings is 1. The largest absolute Gasteiger partial charge is 0.390 e. The van der Waals surface area contributed by atoms with Crippen molar-refractivity contribution in [2.24, 2.45) is 0 Å². The number of amides is 1. The summed E-state index contributed by atoms with van der Waals surface area (Å²) < 4.78 is -0.0303. The molecule has 5 nitrogen and oxygen atoms in total. The van der Waals surface area contributed by atoms with Crippen LogP contribution in [0.1, 0.15) is 40.9 Å². The van der Waals surface area contributed by atoms with Crippen molar-refractivity contribution in [3.8, 4) is 0 Å². The van der Waals surface area contributed by atoms with E-state index in [0.717, 1.165) is 63.9 Å². The fraction of sp³-hybridized carbons (Fsp3) is 0.348. The lowest BCUT2D eigenvalue weighted by Crippen LogP contribution is -2.44. The molecule has 1 amide bonds. The van der Waals surface area contributed by atoms with Crippen LogP contribution in [0.15, 0.2) is 35.2 Å². The lowest BCUT2D eigenvalue weighted by molar-refractivity contribution is -0.119. The lowest BCUT2D eigenvalue weighted by atomic mass is 9.88. The second-order valence-corrected chi connectivity index (χ2v) is 11.0. The average molecular weight is 474 g/mol. The van der Waals surface area contributed by atoms with Crippen LogP contribution < -0.4 is 5.73 Å². The van der Waals surface area contributed by atoms with E-state index >= 15 is 0 Å². The Bertz CT molecular complexity index is 1150. The van der Waals surface area contributed by atoms with Crippen LogP contribution in [-0.4, -0.2) is 39.9 Å². The van der Waals surface area contributed by atoms with Crippen LogP contribution in [0.3, 0.4) is 0 Å². The van der Waals surface area contributed by atoms with Gasteiger partial charge in [0.2, 0.25) is 6.41 Å². The number of halogens is 1. The van der Waals surface area contributed by atoms with Crippen molar-refractivity contribution in [2.75, 3.05) is 18.8 Å². The summed E-state index contributed by atoms with van der Waals surface area (Å²) in [5.74, 6) is 0.177. The lowest BCUT2D eigenvalue weighted by Gasteiger charge is -2.42. The van der Waals surface area contributed by atoms with Crippen LogP contribution in [0.4, 0.5) is 5.00 Å². The maximum Gasteiger partial charge on any atom is 0.209 e. The Labute approximate surface area is 195 Å². The molecule has 0 atom stereocenters. The summed E-state index contributed by atoms with van der Waals surface area (Å²) in [4.78, 5) is 31.3. The van der Waals surface area contributed by atoms with Crippen LogP contribution >= 0.6 is 34.7 Å². The Morgan fingerprint density at radius 1 is 1.19 bits per heavy atom. The number of rotatable bonds is 1. The zero-order chi connectivity index (χ0) is 22.2. The Morgan fingerprint density at radius 3 is 2.65 bits per heavy atom. The molecule has 1 spiro atoms. The highest BCUT2D eigenvalue weighted by atomic mass is 35.5. The van der Waals surface area contributed by atoms with E-state index in [-0.39, 0.29) is 10.5 Å². The van der Waals surface area contributed by atoms with Gasteiger partial charge in [-0.05, 0) is 62.6 Å². The minimum absolute atomic E-state index is 0.0303. The SMILES string of the molecule is Cc1ccc2c(C)c(N)sc2n1.O=CN1CCC2(CC1)CC(=O)c1cc(Cl)ccc1S2. The van der Waals surface area contributed by atoms with E-state index in [2.05, 4.69) is 11.1 Å². The number of likely N-dealkylation sites (tertiary alicyclic amines) is 1. The Kier molecular flexibility index (Phi) is 6.28. The molecule has 0 unspecified atom stereocenters. The minimum atomic E-state index is -0.0303. The summed E-state index contributed by atoms with van der Waals surface area (Å²) in [6.07, 6.45) is 3.21. The van der Waals surface area contributed by atoms with Crippen molar-refractivity contribution in [2.45, 2.75) is 42.8 Å². The van der Waals surface area contributed by atoms with Crippen LogP contribution in [0.25, 0.3) is 10.2 Å². The van der Waals surface area contributed by atoms with Gasteiger partial charge in [-0.1, -0.05) is 22.9 Å². The van der Waals surface area contributed by atoms with Crippen LogP contribution in [-0.2, 0) is 4.79 Å². The molecule has 162 valence electrons. The van der Waals surface area contributed by atoms with E-state index < -0.39 is 0 Å². The standard InChI is InChI=1S/C14H14ClNO2S.C9H10N2S/c15-10-1-2-13-11(7-10)12(18)8-14(19-13)3-5-16(9-17)6-4-14;1-5-3-4-7-6(2)8(10)12-9(7)11-5/h1-2,7,9H,3-6,8H2;3-4H,10H2,1-2H3. The molecule has 2 aromatic heterocycles. The van der Waals surface area contributed by atoms with Crippen molar-refractivity contribution in [3.05, 3.63) is 52.2 Å². The number of nitrogens with two attached hydrogens (primary N) is 1. The first-order valence-electron chi connectivity index (χ1n) is 10.1. The zero-order valence-electron chi connectivity index (χ0n) is 17.5. The van der Waals surface area contributed by atoms with Gasteiger partial charge in [-0.15, -0.1) is 11.8 Å². The van der Waals surface area contributed by atoms with Crippen molar-refractivity contribution < 1.29 is 9.59 Å². The van der Waals surface area contributed by atoms with Gasteiger partial charge in [0.1, 0.15) is 4.83 Å². The predicted octanol–water partition coefficient (Wildman–Crippen LogP) is 5.50. The first kappa shape index (κ1) is 22.1. The predicted molar refractivity (Wildman–Crippen MR) is 129 cm³/mol. The van der Waals surface area contributed by atoms with Crippen molar-refractivity contribution in [3.63, 3.8) is 0 Å². The number of hydrogen-bond acceptors (Lipinski definition) is 6. The van der Waals surface area contributed by atoms with Crippen LogP contribution in [0, 0.1) is 13.8 Å². The fourth-order valence-corrected chi connectivity index (χ4v) is 6.63. The number of hydrogen-bond donors (Lipinski definition) is 1. The first-order valence-corrected chi connectivity index (χ1v) is 12.1. The summed E-state index contributed by atoms with van der Waals surface area (Å²) >= 11 is 9.29. The minimum Gasteiger partial charge on any atom is -0.390 e. The number of pyridine rings is 1. The van der Waals surface area contributed by atoms with Crippen molar-refractivity contribution in [1.29, 1.82) is 0 Å². The number of thioether (sulfide) groups is 1. The fourth-order valence-electron chi connectivity index (χ4n) is 3.99. The maximum absolute atomic E-state index is 12.3. The highest BCUT2D eigenvalue weighted by molar-refractivity contribution is 8.01. The molecule has 4 heterocycles. The third-order valence-corrected chi connectivity index (χ3v) is 8.72. The molecular weight excluding hydrogens is 450 g/mol. The van der Waals surface area contributed by atoms with Gasteiger partial charge in [0.05, 0.1) is 5.00 Å². The molecule has 0 radical (unpaired) electrons. The van der Waals surface area contributed by atoms with Gasteiger partial charge in [0.25, 0.3) is 0 Å². The smallest absolute Gasteiger partial charge is 0.209 e. The second-order valence-electron chi connectivity index (χ2n) is 8.06. The van der Waals surface area contributed by atoms with Gasteiger partial charge < -0.3 is 10.6 Å². The van der Waals surface area contributed by atoms with E-state index in [9.17, 15) is 9.59 Å². The molecule has 3 aromatic rings. The summed E-state index contributed by atoms with van der Waals surface area (Å²) in [5, 5.41) is 2.67. The molecule has 1 fully saturated rings. The number of carbonyl (C=O) groups excluding carboxylic acids is 2. The number of piperidine rings is 1. The van der Waals surface area contributed by atoms with Crippen molar-refractivity contribution >= 4 is 62.1 Å². The molecule has 0 saturated carbocycles. The Balaban J connectivity index is 0.000000166. The number of anilines is 1. The summed E-state index contributed by atoms with van der Waals surface area (Å²) in [6, 6.07) is 9.63. The molecular formula is C23H24ClN3O2S2. The topological polar surface area (TPSA) is 76.3 Å². The molecule has 0 bridgehead atoms. The van der Waals surface area contributed by atoms with E-state index in [4.69, 9.17) is 17.3 Å². The van der Waals surface area contributed by atoms with Gasteiger partial charge >= 0.3 is 0 Å². The quantitative estimate of drug-likeness (QED) is 0.472. The van der Waals surface area contributed by atoms with Gasteiger partial charge in [0, 0.05) is 50.8 Å². The highest BCUT2D eigenvalue weighted by Crippen LogP contribution is 2.49. The number of nitrogen functional groups attached to an aromatic ring is 1. The van der Waals surface area contributed by atoms with Crippen LogP contribution in [0.5, 0.6) is 0 Å². The number of aromatic nitrogens is 1. The zero-order valence-corrected chi connectivity index (χ0v) is 19.9. The van der Waals surface area contributed by atoms with Crippen LogP contribution in [0.2, 0.25) is 5.02 Å². The number of nitrogens with zero attached hydrogens (tertiary/aromatic N) is 2. The number of fused-ring (bicyclic) bond motifs is 2. The van der Waals surface area contributed by atoms with Gasteiger partial charge in [-0.3, -0.25) is 9.59 Å². The third kappa shape index (κ3) is 4.59. The van der Waals surface area contributed by atoms with Gasteiger partial charge in [-0.25, -0.2) is 4.98 Å². The number of aryl methyl sites for hydroxylation is 2.